The van der Waals surface area contributed by atoms with Crippen LogP contribution in [0.2, 0.25) is 0 Å². The molecule has 1 aromatic carbocycles. The fourth-order valence-corrected chi connectivity index (χ4v) is 3.87. The highest BCUT2D eigenvalue weighted by Gasteiger charge is 2.37. The van der Waals surface area contributed by atoms with Crippen LogP contribution in [0.5, 0.6) is 0 Å². The zero-order chi connectivity index (χ0) is 13.2. The monoisotopic (exact) mass is 266 g/mol. The van der Waals surface area contributed by atoms with Gasteiger partial charge in [-0.25, -0.2) is 8.42 Å². The fourth-order valence-electron chi connectivity index (χ4n) is 1.98. The van der Waals surface area contributed by atoms with Crippen LogP contribution in [0.1, 0.15) is 18.4 Å². The van der Waals surface area contributed by atoms with Gasteiger partial charge in [-0.15, -0.1) is 6.58 Å². The van der Waals surface area contributed by atoms with Gasteiger partial charge in [-0.05, 0) is 24.5 Å². The van der Waals surface area contributed by atoms with Gasteiger partial charge in [-0.1, -0.05) is 24.3 Å². The summed E-state index contributed by atoms with van der Waals surface area (Å²) in [5.41, 5.74) is 6.27. The number of sulfonamides is 1. The second-order valence-corrected chi connectivity index (χ2v) is 6.27. The molecule has 0 aromatic heterocycles. The van der Waals surface area contributed by atoms with Crippen molar-refractivity contribution < 1.29 is 8.42 Å². The van der Waals surface area contributed by atoms with E-state index in [0.717, 1.165) is 12.8 Å². The molecule has 0 bridgehead atoms. The number of nitrogens with two attached hydrogens (primary N) is 1. The number of nitrogens with zero attached hydrogens (tertiary/aromatic N) is 1. The van der Waals surface area contributed by atoms with E-state index in [1.165, 1.54) is 4.31 Å². The Morgan fingerprint density at radius 1 is 1.39 bits per heavy atom. The van der Waals surface area contributed by atoms with E-state index in [1.54, 1.807) is 30.3 Å². The molecular weight excluding hydrogens is 248 g/mol. The average molecular weight is 266 g/mol. The van der Waals surface area contributed by atoms with Crippen LogP contribution in [0.3, 0.4) is 0 Å². The largest absolute Gasteiger partial charge is 0.326 e. The Morgan fingerprint density at radius 3 is 2.61 bits per heavy atom. The van der Waals surface area contributed by atoms with Crippen molar-refractivity contribution in [1.29, 1.82) is 0 Å². The maximum atomic E-state index is 12.6. The van der Waals surface area contributed by atoms with Gasteiger partial charge in [0.15, 0.2) is 0 Å². The molecule has 5 heteroatoms. The Balaban J connectivity index is 2.42. The molecule has 4 nitrogen and oxygen atoms in total. The van der Waals surface area contributed by atoms with Crippen molar-refractivity contribution in [2.24, 2.45) is 5.73 Å². The van der Waals surface area contributed by atoms with Crippen LogP contribution in [0.4, 0.5) is 0 Å². The van der Waals surface area contributed by atoms with Crippen molar-refractivity contribution in [3.8, 4) is 0 Å². The van der Waals surface area contributed by atoms with E-state index < -0.39 is 10.0 Å². The first-order chi connectivity index (χ1) is 8.61. The number of benzene rings is 1. The summed E-state index contributed by atoms with van der Waals surface area (Å²) in [5.74, 6) is 0. The van der Waals surface area contributed by atoms with Crippen molar-refractivity contribution in [3.63, 3.8) is 0 Å². The van der Waals surface area contributed by atoms with Gasteiger partial charge in [0.05, 0.1) is 4.90 Å². The highest BCUT2D eigenvalue weighted by Crippen LogP contribution is 2.32. The zero-order valence-corrected chi connectivity index (χ0v) is 11.1. The van der Waals surface area contributed by atoms with E-state index in [9.17, 15) is 8.42 Å². The lowest BCUT2D eigenvalue weighted by molar-refractivity contribution is 0.435. The van der Waals surface area contributed by atoms with Crippen molar-refractivity contribution in [1.82, 2.24) is 4.31 Å². The van der Waals surface area contributed by atoms with E-state index in [0.29, 0.717) is 17.0 Å². The minimum absolute atomic E-state index is 0.124. The molecule has 1 fully saturated rings. The van der Waals surface area contributed by atoms with Crippen LogP contribution in [-0.2, 0) is 16.6 Å². The maximum Gasteiger partial charge on any atom is 0.243 e. The summed E-state index contributed by atoms with van der Waals surface area (Å²) < 4.78 is 26.7. The third-order valence-electron chi connectivity index (χ3n) is 3.04. The Morgan fingerprint density at radius 2 is 2.06 bits per heavy atom. The molecule has 0 unspecified atom stereocenters. The first-order valence-corrected chi connectivity index (χ1v) is 7.46. The third-order valence-corrected chi connectivity index (χ3v) is 5.06. The molecule has 98 valence electrons. The first-order valence-electron chi connectivity index (χ1n) is 6.02. The van der Waals surface area contributed by atoms with Crippen LogP contribution in [0.25, 0.3) is 0 Å². The van der Waals surface area contributed by atoms with Crippen LogP contribution in [0.15, 0.2) is 41.8 Å². The molecule has 0 aliphatic heterocycles. The molecule has 1 aliphatic rings. The van der Waals surface area contributed by atoms with Crippen LogP contribution >= 0.6 is 0 Å². The van der Waals surface area contributed by atoms with Gasteiger partial charge in [0.2, 0.25) is 10.0 Å². The summed E-state index contributed by atoms with van der Waals surface area (Å²) in [6.45, 7) is 4.21. The predicted molar refractivity (Wildman–Crippen MR) is 71.4 cm³/mol. The van der Waals surface area contributed by atoms with Gasteiger partial charge in [-0.2, -0.15) is 4.31 Å². The van der Waals surface area contributed by atoms with Crippen LogP contribution in [0, 0.1) is 0 Å². The SMILES string of the molecule is C=CCN(C1CC1)S(=O)(=O)c1ccccc1CN. The van der Waals surface area contributed by atoms with Gasteiger partial charge in [-0.3, -0.25) is 0 Å². The topological polar surface area (TPSA) is 63.4 Å². The standard InChI is InChI=1S/C13H18N2O2S/c1-2-9-15(12-7-8-12)18(16,17)13-6-4-3-5-11(13)10-14/h2-6,12H,1,7-10,14H2. The van der Waals surface area contributed by atoms with Gasteiger partial charge < -0.3 is 5.73 Å². The van der Waals surface area contributed by atoms with Crippen molar-refractivity contribution in [2.45, 2.75) is 30.3 Å². The molecule has 2 N–H and O–H groups in total. The number of rotatable bonds is 6. The second-order valence-electron chi connectivity index (χ2n) is 4.41. The van der Waals surface area contributed by atoms with E-state index in [1.807, 2.05) is 0 Å². The summed E-state index contributed by atoms with van der Waals surface area (Å²) in [4.78, 5) is 0.321. The van der Waals surface area contributed by atoms with Crippen LogP contribution in [-0.4, -0.2) is 25.3 Å². The molecule has 1 saturated carbocycles. The highest BCUT2D eigenvalue weighted by atomic mass is 32.2. The quantitative estimate of drug-likeness (QED) is 0.793. The van der Waals surface area contributed by atoms with Gasteiger partial charge >= 0.3 is 0 Å². The second kappa shape index (κ2) is 5.22. The molecule has 1 aliphatic carbocycles. The average Bonchev–Trinajstić information content (AvgIpc) is 3.19. The van der Waals surface area contributed by atoms with Gasteiger partial charge in [0.25, 0.3) is 0 Å². The van der Waals surface area contributed by atoms with E-state index in [-0.39, 0.29) is 12.6 Å². The lowest BCUT2D eigenvalue weighted by atomic mass is 10.2. The number of hydrogen-bond acceptors (Lipinski definition) is 3. The molecule has 18 heavy (non-hydrogen) atoms. The Kier molecular flexibility index (Phi) is 3.85. The number of hydrogen-bond donors (Lipinski definition) is 1. The van der Waals surface area contributed by atoms with E-state index >= 15 is 0 Å². The molecular formula is C13H18N2O2S. The summed E-state index contributed by atoms with van der Waals surface area (Å²) >= 11 is 0. The minimum Gasteiger partial charge on any atom is -0.326 e. The molecule has 0 saturated heterocycles. The lowest BCUT2D eigenvalue weighted by Crippen LogP contribution is -2.34. The molecule has 0 radical (unpaired) electrons. The van der Waals surface area contributed by atoms with Gasteiger partial charge in [0, 0.05) is 19.1 Å². The predicted octanol–water partition coefficient (Wildman–Crippen LogP) is 1.48. The summed E-state index contributed by atoms with van der Waals surface area (Å²) in [7, 11) is -3.46. The Hall–Kier alpha value is -1.17. The Bertz CT molecular complexity index is 536. The molecule has 0 spiro atoms. The zero-order valence-electron chi connectivity index (χ0n) is 10.2. The minimum atomic E-state index is -3.46. The maximum absolute atomic E-state index is 12.6. The normalized spacial score (nSPS) is 15.9. The summed E-state index contributed by atoms with van der Waals surface area (Å²) in [6, 6.07) is 7.03. The van der Waals surface area contributed by atoms with E-state index in [4.69, 9.17) is 5.73 Å². The summed E-state index contributed by atoms with van der Waals surface area (Å²) in [6.07, 6.45) is 3.48. The smallest absolute Gasteiger partial charge is 0.243 e. The van der Waals surface area contributed by atoms with Gasteiger partial charge in [0.1, 0.15) is 0 Å². The highest BCUT2D eigenvalue weighted by molar-refractivity contribution is 7.89. The van der Waals surface area contributed by atoms with Crippen LogP contribution < -0.4 is 5.73 Å². The van der Waals surface area contributed by atoms with E-state index in [2.05, 4.69) is 6.58 Å². The fraction of sp³-hybridized carbons (Fsp3) is 0.385. The molecule has 2 rings (SSSR count). The molecule has 0 amide bonds. The molecule has 1 aromatic rings. The van der Waals surface area contributed by atoms with Crippen molar-refractivity contribution in [2.75, 3.05) is 6.54 Å². The van der Waals surface area contributed by atoms with Crippen molar-refractivity contribution >= 4 is 10.0 Å². The lowest BCUT2D eigenvalue weighted by Gasteiger charge is -2.21. The Labute approximate surface area is 108 Å². The summed E-state index contributed by atoms with van der Waals surface area (Å²) in [5, 5.41) is 0. The molecule has 0 atom stereocenters. The van der Waals surface area contributed by atoms with Crippen molar-refractivity contribution in [3.05, 3.63) is 42.5 Å². The first kappa shape index (κ1) is 13.3. The third kappa shape index (κ3) is 2.48. The molecule has 0 heterocycles.